The molecule has 84 valence electrons. The van der Waals surface area contributed by atoms with Gasteiger partial charge < -0.3 is 5.11 Å². The van der Waals surface area contributed by atoms with Crippen molar-refractivity contribution in [3.63, 3.8) is 0 Å². The lowest BCUT2D eigenvalue weighted by atomic mass is 10.2. The van der Waals surface area contributed by atoms with E-state index in [9.17, 15) is 0 Å². The first kappa shape index (κ1) is 10.8. The Kier molecular flexibility index (Phi) is 2.70. The van der Waals surface area contributed by atoms with Crippen molar-refractivity contribution in [1.82, 2.24) is 20.0 Å². The molecule has 5 nitrogen and oxygen atoms in total. The first-order valence-electron chi connectivity index (χ1n) is 5.09. The first-order chi connectivity index (χ1) is 7.61. The number of hydrogen-bond acceptors (Lipinski definition) is 4. The summed E-state index contributed by atoms with van der Waals surface area (Å²) in [6.45, 7) is 5.72. The number of nitrogens with zero attached hydrogens (tertiary/aromatic N) is 4. The minimum absolute atomic E-state index is 0.0871. The van der Waals surface area contributed by atoms with E-state index in [1.165, 1.54) is 0 Å². The Morgan fingerprint density at radius 1 is 1.19 bits per heavy atom. The summed E-state index contributed by atoms with van der Waals surface area (Å²) in [5.41, 5.74) is 3.48. The summed E-state index contributed by atoms with van der Waals surface area (Å²) in [5.74, 6) is 0.681. The van der Waals surface area contributed by atoms with Crippen molar-refractivity contribution >= 4 is 0 Å². The van der Waals surface area contributed by atoms with Crippen molar-refractivity contribution < 1.29 is 5.11 Å². The van der Waals surface area contributed by atoms with Crippen molar-refractivity contribution in [3.8, 4) is 5.82 Å². The smallest absolute Gasteiger partial charge is 0.176 e. The quantitative estimate of drug-likeness (QED) is 0.819. The zero-order valence-corrected chi connectivity index (χ0v) is 9.60. The monoisotopic (exact) mass is 218 g/mol. The van der Waals surface area contributed by atoms with Crippen LogP contribution in [0.3, 0.4) is 0 Å². The third-order valence-corrected chi connectivity index (χ3v) is 2.45. The van der Waals surface area contributed by atoms with Gasteiger partial charge in [0.1, 0.15) is 0 Å². The Bertz CT molecular complexity index is 519. The van der Waals surface area contributed by atoms with Crippen LogP contribution in [0.2, 0.25) is 0 Å². The minimum atomic E-state index is -0.0871. The summed E-state index contributed by atoms with van der Waals surface area (Å²) in [4.78, 5) is 0. The lowest BCUT2D eigenvalue weighted by Gasteiger charge is -2.05. The van der Waals surface area contributed by atoms with Crippen molar-refractivity contribution in [1.29, 1.82) is 0 Å². The van der Waals surface area contributed by atoms with Crippen LogP contribution in [0.15, 0.2) is 12.1 Å². The summed E-state index contributed by atoms with van der Waals surface area (Å²) in [7, 11) is 0. The van der Waals surface area contributed by atoms with E-state index in [1.54, 1.807) is 4.68 Å². The van der Waals surface area contributed by atoms with Gasteiger partial charge in [0.2, 0.25) is 0 Å². The Labute approximate surface area is 93.8 Å². The maximum absolute atomic E-state index is 9.01. The fraction of sp³-hybridized carbons (Fsp3) is 0.364. The van der Waals surface area contributed by atoms with E-state index in [1.807, 2.05) is 32.9 Å². The second-order valence-corrected chi connectivity index (χ2v) is 3.83. The van der Waals surface area contributed by atoms with Gasteiger partial charge in [-0.25, -0.2) is 4.68 Å². The van der Waals surface area contributed by atoms with Crippen molar-refractivity contribution in [2.24, 2.45) is 0 Å². The second-order valence-electron chi connectivity index (χ2n) is 3.83. The second kappa shape index (κ2) is 4.02. The van der Waals surface area contributed by atoms with E-state index < -0.39 is 0 Å². The standard InChI is InChI=1S/C11H14N4O/c1-7-4-11(13-12-10(7)6-16)15-9(3)5-8(2)14-15/h4-5,16H,6H2,1-3H3. The van der Waals surface area contributed by atoms with E-state index >= 15 is 0 Å². The molecule has 2 rings (SSSR count). The van der Waals surface area contributed by atoms with Gasteiger partial charge in [-0.1, -0.05) is 0 Å². The Hall–Kier alpha value is -1.75. The Balaban J connectivity index is 2.49. The highest BCUT2D eigenvalue weighted by molar-refractivity contribution is 5.30. The van der Waals surface area contributed by atoms with Crippen molar-refractivity contribution in [2.75, 3.05) is 0 Å². The molecule has 0 fully saturated rings. The SMILES string of the molecule is Cc1cc(C)n(-c2cc(C)c(CO)nn2)n1. The van der Waals surface area contributed by atoms with E-state index in [-0.39, 0.29) is 6.61 Å². The van der Waals surface area contributed by atoms with Crippen LogP contribution in [0.5, 0.6) is 0 Å². The lowest BCUT2D eigenvalue weighted by Crippen LogP contribution is -2.06. The number of aryl methyl sites for hydroxylation is 3. The molecule has 0 aliphatic carbocycles. The Morgan fingerprint density at radius 3 is 2.44 bits per heavy atom. The summed E-state index contributed by atoms with van der Waals surface area (Å²) in [6, 6.07) is 3.86. The van der Waals surface area contributed by atoms with E-state index in [2.05, 4.69) is 15.3 Å². The molecule has 5 heteroatoms. The zero-order chi connectivity index (χ0) is 11.7. The highest BCUT2D eigenvalue weighted by atomic mass is 16.3. The molecular weight excluding hydrogens is 204 g/mol. The molecule has 0 aromatic carbocycles. The normalized spacial score (nSPS) is 10.8. The molecule has 0 saturated carbocycles. The molecule has 2 aromatic rings. The molecule has 16 heavy (non-hydrogen) atoms. The van der Waals surface area contributed by atoms with Crippen LogP contribution in [0.25, 0.3) is 5.82 Å². The highest BCUT2D eigenvalue weighted by Crippen LogP contribution is 2.12. The van der Waals surface area contributed by atoms with Crippen LogP contribution in [-0.4, -0.2) is 25.1 Å². The molecular formula is C11H14N4O. The van der Waals surface area contributed by atoms with Crippen molar-refractivity contribution in [3.05, 3.63) is 34.8 Å². The fourth-order valence-corrected chi connectivity index (χ4v) is 1.62. The molecule has 2 aromatic heterocycles. The Morgan fingerprint density at radius 2 is 1.94 bits per heavy atom. The largest absolute Gasteiger partial charge is 0.390 e. The molecule has 0 unspecified atom stereocenters. The maximum atomic E-state index is 9.01. The van der Waals surface area contributed by atoms with Gasteiger partial charge in [0.05, 0.1) is 18.0 Å². The van der Waals surface area contributed by atoms with Crippen molar-refractivity contribution in [2.45, 2.75) is 27.4 Å². The van der Waals surface area contributed by atoms with Gasteiger partial charge in [-0.3, -0.25) is 0 Å². The predicted octanol–water partition coefficient (Wildman–Crippen LogP) is 1.08. The molecule has 1 N–H and O–H groups in total. The van der Waals surface area contributed by atoms with E-state index in [0.29, 0.717) is 11.5 Å². The number of aromatic nitrogens is 4. The predicted molar refractivity (Wildman–Crippen MR) is 59.3 cm³/mol. The highest BCUT2D eigenvalue weighted by Gasteiger charge is 2.07. The molecule has 0 atom stereocenters. The minimum Gasteiger partial charge on any atom is -0.390 e. The summed E-state index contributed by atoms with van der Waals surface area (Å²) >= 11 is 0. The van der Waals surface area contributed by atoms with Crippen LogP contribution in [0.1, 0.15) is 22.6 Å². The molecule has 0 bridgehead atoms. The molecule has 0 radical (unpaired) electrons. The molecule has 2 heterocycles. The fourth-order valence-electron chi connectivity index (χ4n) is 1.62. The van der Waals surface area contributed by atoms with Gasteiger partial charge in [-0.05, 0) is 38.5 Å². The van der Waals surface area contributed by atoms with Gasteiger partial charge in [0.25, 0.3) is 0 Å². The average Bonchev–Trinajstić information content (AvgIpc) is 2.58. The number of rotatable bonds is 2. The number of hydrogen-bond donors (Lipinski definition) is 1. The van der Waals surface area contributed by atoms with Gasteiger partial charge in [0, 0.05) is 5.69 Å². The third-order valence-electron chi connectivity index (χ3n) is 2.45. The molecule has 0 saturated heterocycles. The average molecular weight is 218 g/mol. The molecule has 0 aliphatic heterocycles. The number of aliphatic hydroxyl groups excluding tert-OH is 1. The van der Waals surface area contributed by atoms with E-state index in [4.69, 9.17) is 5.11 Å². The maximum Gasteiger partial charge on any atom is 0.176 e. The number of aliphatic hydroxyl groups is 1. The molecule has 0 amide bonds. The van der Waals surface area contributed by atoms with Crippen LogP contribution in [-0.2, 0) is 6.61 Å². The van der Waals surface area contributed by atoms with Gasteiger partial charge in [-0.2, -0.15) is 10.2 Å². The van der Waals surface area contributed by atoms with Crippen LogP contribution >= 0.6 is 0 Å². The lowest BCUT2D eigenvalue weighted by molar-refractivity contribution is 0.274. The van der Waals surface area contributed by atoms with Crippen LogP contribution in [0, 0.1) is 20.8 Å². The zero-order valence-electron chi connectivity index (χ0n) is 9.60. The summed E-state index contributed by atoms with van der Waals surface area (Å²) in [6.07, 6.45) is 0. The van der Waals surface area contributed by atoms with Gasteiger partial charge in [-0.15, -0.1) is 5.10 Å². The molecule has 0 aliphatic rings. The third kappa shape index (κ3) is 1.81. The van der Waals surface area contributed by atoms with Gasteiger partial charge in [0.15, 0.2) is 5.82 Å². The van der Waals surface area contributed by atoms with Gasteiger partial charge >= 0.3 is 0 Å². The summed E-state index contributed by atoms with van der Waals surface area (Å²) in [5, 5.41) is 21.4. The van der Waals surface area contributed by atoms with E-state index in [0.717, 1.165) is 17.0 Å². The first-order valence-corrected chi connectivity index (χ1v) is 5.09. The van der Waals surface area contributed by atoms with Crippen LogP contribution < -0.4 is 0 Å². The summed E-state index contributed by atoms with van der Waals surface area (Å²) < 4.78 is 1.75. The molecule has 0 spiro atoms. The van der Waals surface area contributed by atoms with Crippen LogP contribution in [0.4, 0.5) is 0 Å². The topological polar surface area (TPSA) is 63.8 Å².